The Kier molecular flexibility index (Phi) is 5.52. The van der Waals surface area contributed by atoms with Crippen molar-refractivity contribution in [3.05, 3.63) is 71.8 Å². The number of carbonyl (C=O) groups is 2. The zero-order valence-corrected chi connectivity index (χ0v) is 12.3. The number of hydrogen-bond acceptors (Lipinski definition) is 3. The third kappa shape index (κ3) is 5.32. The average Bonchev–Trinajstić information content (AvgIpc) is 2.54. The lowest BCUT2D eigenvalue weighted by Gasteiger charge is -2.13. The van der Waals surface area contributed by atoms with E-state index in [2.05, 4.69) is 5.32 Å². The summed E-state index contributed by atoms with van der Waals surface area (Å²) in [6, 6.07) is 14.4. The maximum absolute atomic E-state index is 11.9. The summed E-state index contributed by atoms with van der Waals surface area (Å²) in [5.74, 6) is -1.43. The maximum Gasteiger partial charge on any atom is 0.326 e. The van der Waals surface area contributed by atoms with Crippen molar-refractivity contribution in [1.29, 1.82) is 0 Å². The third-order valence-corrected chi connectivity index (χ3v) is 3.22. The predicted octanol–water partition coefficient (Wildman–Crippen LogP) is 2.22. The van der Waals surface area contributed by atoms with E-state index in [0.29, 0.717) is 0 Å². The molecule has 5 heteroatoms. The number of carboxylic acid groups (broad SMARTS) is 1. The van der Waals surface area contributed by atoms with Gasteiger partial charge in [0.15, 0.2) is 0 Å². The molecule has 0 aliphatic rings. The highest BCUT2D eigenvalue weighted by atomic mass is 16.4. The maximum atomic E-state index is 11.9. The molecule has 1 atom stereocenters. The molecule has 0 spiro atoms. The van der Waals surface area contributed by atoms with E-state index >= 15 is 0 Å². The van der Waals surface area contributed by atoms with Crippen molar-refractivity contribution in [2.24, 2.45) is 0 Å². The molecule has 0 radical (unpaired) electrons. The molecule has 0 heterocycles. The van der Waals surface area contributed by atoms with Gasteiger partial charge in [-0.1, -0.05) is 42.5 Å². The second-order valence-electron chi connectivity index (χ2n) is 5.01. The van der Waals surface area contributed by atoms with Crippen LogP contribution < -0.4 is 5.32 Å². The summed E-state index contributed by atoms with van der Waals surface area (Å²) in [7, 11) is 0. The molecule has 1 amide bonds. The van der Waals surface area contributed by atoms with Crippen LogP contribution in [-0.4, -0.2) is 28.1 Å². The van der Waals surface area contributed by atoms with Crippen molar-refractivity contribution in [2.75, 3.05) is 0 Å². The summed E-state index contributed by atoms with van der Waals surface area (Å²) in [6.45, 7) is 0. The molecule has 0 aliphatic carbocycles. The highest BCUT2D eigenvalue weighted by molar-refractivity contribution is 5.94. The van der Waals surface area contributed by atoms with Gasteiger partial charge in [-0.15, -0.1) is 0 Å². The van der Waals surface area contributed by atoms with Crippen molar-refractivity contribution >= 4 is 18.0 Å². The molecular formula is C18H17NO4. The fraction of sp³-hybridized carbons (Fsp3) is 0.111. The van der Waals surface area contributed by atoms with E-state index in [1.165, 1.54) is 18.2 Å². The van der Waals surface area contributed by atoms with Gasteiger partial charge in [-0.3, -0.25) is 4.79 Å². The minimum atomic E-state index is -1.08. The Morgan fingerprint density at radius 3 is 2.30 bits per heavy atom. The van der Waals surface area contributed by atoms with Crippen LogP contribution in [0.25, 0.3) is 6.08 Å². The minimum absolute atomic E-state index is 0.139. The van der Waals surface area contributed by atoms with Gasteiger partial charge in [0.25, 0.3) is 0 Å². The van der Waals surface area contributed by atoms with Crippen LogP contribution in [-0.2, 0) is 16.0 Å². The van der Waals surface area contributed by atoms with Crippen LogP contribution in [0.5, 0.6) is 5.75 Å². The summed E-state index contributed by atoms with van der Waals surface area (Å²) in [5, 5.41) is 20.9. The second-order valence-corrected chi connectivity index (χ2v) is 5.01. The Labute approximate surface area is 133 Å². The number of aromatic hydroxyl groups is 1. The lowest BCUT2D eigenvalue weighted by atomic mass is 10.1. The van der Waals surface area contributed by atoms with Gasteiger partial charge in [-0.05, 0) is 29.3 Å². The molecule has 2 aromatic rings. The van der Waals surface area contributed by atoms with Gasteiger partial charge in [0.05, 0.1) is 0 Å². The monoisotopic (exact) mass is 311 g/mol. The summed E-state index contributed by atoms with van der Waals surface area (Å²) in [5.41, 5.74) is 1.57. The van der Waals surface area contributed by atoms with Gasteiger partial charge >= 0.3 is 5.97 Å². The van der Waals surface area contributed by atoms with Crippen LogP contribution in [0, 0.1) is 0 Å². The van der Waals surface area contributed by atoms with Crippen LogP contribution in [0.15, 0.2) is 60.7 Å². The van der Waals surface area contributed by atoms with Crippen LogP contribution >= 0.6 is 0 Å². The number of benzene rings is 2. The fourth-order valence-electron chi connectivity index (χ4n) is 2.03. The summed E-state index contributed by atoms with van der Waals surface area (Å²) < 4.78 is 0. The second kappa shape index (κ2) is 7.79. The molecule has 0 aliphatic heterocycles. The largest absolute Gasteiger partial charge is 0.508 e. The average molecular weight is 311 g/mol. The Balaban J connectivity index is 1.98. The Hall–Kier alpha value is -3.08. The van der Waals surface area contributed by atoms with Crippen LogP contribution in [0.3, 0.4) is 0 Å². The molecule has 1 unspecified atom stereocenters. The van der Waals surface area contributed by atoms with Crippen molar-refractivity contribution in [3.63, 3.8) is 0 Å². The molecule has 23 heavy (non-hydrogen) atoms. The summed E-state index contributed by atoms with van der Waals surface area (Å²) in [6.07, 6.45) is 3.04. The van der Waals surface area contributed by atoms with Crippen molar-refractivity contribution in [1.82, 2.24) is 5.32 Å². The van der Waals surface area contributed by atoms with E-state index in [1.807, 2.05) is 30.3 Å². The Bertz CT molecular complexity index is 693. The van der Waals surface area contributed by atoms with Gasteiger partial charge in [0.2, 0.25) is 5.91 Å². The number of rotatable bonds is 6. The zero-order chi connectivity index (χ0) is 16.7. The predicted molar refractivity (Wildman–Crippen MR) is 86.9 cm³/mol. The van der Waals surface area contributed by atoms with Gasteiger partial charge in [-0.2, -0.15) is 0 Å². The van der Waals surface area contributed by atoms with Crippen LogP contribution in [0.2, 0.25) is 0 Å². The van der Waals surface area contributed by atoms with Gasteiger partial charge < -0.3 is 15.5 Å². The summed E-state index contributed by atoms with van der Waals surface area (Å²) in [4.78, 5) is 23.2. The van der Waals surface area contributed by atoms with E-state index in [-0.39, 0.29) is 12.2 Å². The number of hydrogen-bond donors (Lipinski definition) is 3. The van der Waals surface area contributed by atoms with E-state index < -0.39 is 17.9 Å². The number of carbonyl (C=O) groups excluding carboxylic acids is 1. The number of aliphatic carboxylic acids is 1. The number of amides is 1. The highest BCUT2D eigenvalue weighted by Crippen LogP contribution is 2.10. The van der Waals surface area contributed by atoms with E-state index in [0.717, 1.165) is 11.1 Å². The topological polar surface area (TPSA) is 86.6 Å². The van der Waals surface area contributed by atoms with Crippen molar-refractivity contribution in [2.45, 2.75) is 12.5 Å². The Morgan fingerprint density at radius 2 is 1.70 bits per heavy atom. The van der Waals surface area contributed by atoms with Gasteiger partial charge in [-0.25, -0.2) is 4.79 Å². The molecule has 2 aromatic carbocycles. The number of phenolic OH excluding ortho intramolecular Hbond substituents is 1. The molecule has 0 aromatic heterocycles. The molecule has 0 fully saturated rings. The first-order valence-electron chi connectivity index (χ1n) is 7.09. The van der Waals surface area contributed by atoms with E-state index in [4.69, 9.17) is 0 Å². The summed E-state index contributed by atoms with van der Waals surface area (Å²) >= 11 is 0. The molecule has 2 rings (SSSR count). The molecular weight excluding hydrogens is 294 g/mol. The smallest absolute Gasteiger partial charge is 0.326 e. The van der Waals surface area contributed by atoms with E-state index in [9.17, 15) is 19.8 Å². The first-order chi connectivity index (χ1) is 11.0. The fourth-order valence-corrected chi connectivity index (χ4v) is 2.03. The lowest BCUT2D eigenvalue weighted by molar-refractivity contribution is -0.141. The molecule has 3 N–H and O–H groups in total. The standard InChI is InChI=1S/C18H17NO4/c20-15-9-6-13(7-10-15)8-11-17(21)19-16(18(22)23)12-14-4-2-1-3-5-14/h1-11,16,20H,12H2,(H,19,21)(H,22,23). The molecule has 0 bridgehead atoms. The van der Waals surface area contributed by atoms with Crippen LogP contribution in [0.1, 0.15) is 11.1 Å². The number of phenols is 1. The van der Waals surface area contributed by atoms with Gasteiger partial charge in [0, 0.05) is 12.5 Å². The minimum Gasteiger partial charge on any atom is -0.508 e. The molecule has 5 nitrogen and oxygen atoms in total. The van der Waals surface area contributed by atoms with Crippen molar-refractivity contribution in [3.8, 4) is 5.75 Å². The van der Waals surface area contributed by atoms with Crippen molar-refractivity contribution < 1.29 is 19.8 Å². The normalized spacial score (nSPS) is 12.0. The highest BCUT2D eigenvalue weighted by Gasteiger charge is 2.19. The molecule has 0 saturated carbocycles. The SMILES string of the molecule is O=C(C=Cc1ccc(O)cc1)NC(Cc1ccccc1)C(=O)O. The molecule has 118 valence electrons. The zero-order valence-electron chi connectivity index (χ0n) is 12.3. The Morgan fingerprint density at radius 1 is 1.04 bits per heavy atom. The molecule has 0 saturated heterocycles. The van der Waals surface area contributed by atoms with Gasteiger partial charge in [0.1, 0.15) is 11.8 Å². The van der Waals surface area contributed by atoms with Crippen LogP contribution in [0.4, 0.5) is 0 Å². The van der Waals surface area contributed by atoms with E-state index in [1.54, 1.807) is 18.2 Å². The number of nitrogens with one attached hydrogen (secondary N) is 1. The first kappa shape index (κ1) is 16.3. The lowest BCUT2D eigenvalue weighted by Crippen LogP contribution is -2.41. The number of carboxylic acids is 1. The third-order valence-electron chi connectivity index (χ3n) is 3.22. The quantitative estimate of drug-likeness (QED) is 0.714. The first-order valence-corrected chi connectivity index (χ1v) is 7.09.